The standard InChI is InChI=1S/C24H22ClNO4/c1-4-9-26-21(15-7-6-8-16(12-15)29-10-5-2)20-22(27)17-13-18(25)14(3)11-19(17)30-23(20)24(26)28/h5-8,11-13,21H,2,4,9-10H2,1,3H3. The van der Waals surface area contributed by atoms with E-state index in [1.807, 2.05) is 38.1 Å². The van der Waals surface area contributed by atoms with Gasteiger partial charge in [-0.3, -0.25) is 9.59 Å². The molecule has 154 valence electrons. The zero-order chi connectivity index (χ0) is 21.4. The van der Waals surface area contributed by atoms with Crippen LogP contribution in [-0.4, -0.2) is 24.0 Å². The first-order chi connectivity index (χ1) is 14.5. The lowest BCUT2D eigenvalue weighted by molar-refractivity contribution is 0.0728. The Labute approximate surface area is 179 Å². The van der Waals surface area contributed by atoms with Crippen molar-refractivity contribution in [2.24, 2.45) is 0 Å². The van der Waals surface area contributed by atoms with E-state index < -0.39 is 6.04 Å². The lowest BCUT2D eigenvalue weighted by atomic mass is 9.98. The molecule has 2 heterocycles. The molecule has 1 amide bonds. The van der Waals surface area contributed by atoms with Crippen molar-refractivity contribution < 1.29 is 13.9 Å². The summed E-state index contributed by atoms with van der Waals surface area (Å²) in [5, 5.41) is 0.862. The molecule has 2 aromatic carbocycles. The first-order valence-corrected chi connectivity index (χ1v) is 10.3. The van der Waals surface area contributed by atoms with Crippen LogP contribution in [0.3, 0.4) is 0 Å². The molecule has 3 aromatic rings. The number of fused-ring (bicyclic) bond motifs is 2. The molecular formula is C24H22ClNO4. The Morgan fingerprint density at radius 3 is 2.80 bits per heavy atom. The van der Waals surface area contributed by atoms with Crippen LogP contribution in [0, 0.1) is 6.92 Å². The normalized spacial score (nSPS) is 15.5. The van der Waals surface area contributed by atoms with E-state index in [-0.39, 0.29) is 17.1 Å². The summed E-state index contributed by atoms with van der Waals surface area (Å²) < 4.78 is 11.6. The lowest BCUT2D eigenvalue weighted by Crippen LogP contribution is -2.30. The van der Waals surface area contributed by atoms with E-state index >= 15 is 0 Å². The average Bonchev–Trinajstić information content (AvgIpc) is 3.01. The average molecular weight is 424 g/mol. The molecule has 1 aliphatic rings. The first kappa shape index (κ1) is 20.2. The maximum absolute atomic E-state index is 13.5. The minimum Gasteiger partial charge on any atom is -0.490 e. The molecule has 1 unspecified atom stereocenters. The van der Waals surface area contributed by atoms with Crippen LogP contribution in [0.15, 0.2) is 58.3 Å². The van der Waals surface area contributed by atoms with E-state index in [9.17, 15) is 9.59 Å². The molecule has 0 N–H and O–H groups in total. The van der Waals surface area contributed by atoms with E-state index in [4.69, 9.17) is 20.8 Å². The van der Waals surface area contributed by atoms with Crippen LogP contribution in [-0.2, 0) is 0 Å². The predicted octanol–water partition coefficient (Wildman–Crippen LogP) is 5.27. The number of ether oxygens (including phenoxy) is 1. The minimum atomic E-state index is -0.541. The van der Waals surface area contributed by atoms with Crippen molar-refractivity contribution in [3.63, 3.8) is 0 Å². The Bertz CT molecular complexity index is 1210. The van der Waals surface area contributed by atoms with Crippen molar-refractivity contribution >= 4 is 28.5 Å². The number of hydrogen-bond donors (Lipinski definition) is 0. The molecule has 1 aromatic heterocycles. The molecule has 6 heteroatoms. The quantitative estimate of drug-likeness (QED) is 0.506. The predicted molar refractivity (Wildman–Crippen MR) is 118 cm³/mol. The number of carbonyl (C=O) groups excluding carboxylic acids is 1. The number of nitrogens with zero attached hydrogens (tertiary/aromatic N) is 1. The molecule has 0 saturated heterocycles. The van der Waals surface area contributed by atoms with Crippen LogP contribution < -0.4 is 10.2 Å². The molecule has 4 rings (SSSR count). The summed E-state index contributed by atoms with van der Waals surface area (Å²) in [6.07, 6.45) is 2.42. The maximum Gasteiger partial charge on any atom is 0.290 e. The number of amides is 1. The van der Waals surface area contributed by atoms with Gasteiger partial charge in [0, 0.05) is 11.6 Å². The summed E-state index contributed by atoms with van der Waals surface area (Å²) in [6.45, 7) is 8.36. The third-order valence-corrected chi connectivity index (χ3v) is 5.66. The third kappa shape index (κ3) is 3.29. The Morgan fingerprint density at radius 1 is 1.27 bits per heavy atom. The van der Waals surface area contributed by atoms with Gasteiger partial charge in [0.05, 0.1) is 17.0 Å². The molecule has 1 aliphatic heterocycles. The van der Waals surface area contributed by atoms with Gasteiger partial charge >= 0.3 is 0 Å². The number of benzene rings is 2. The molecule has 0 fully saturated rings. The summed E-state index contributed by atoms with van der Waals surface area (Å²) in [5.74, 6) is 0.472. The summed E-state index contributed by atoms with van der Waals surface area (Å²) in [6, 6.07) is 10.2. The minimum absolute atomic E-state index is 0.102. The fraction of sp³-hybridized carbons (Fsp3) is 0.250. The van der Waals surface area contributed by atoms with Crippen LogP contribution in [0.2, 0.25) is 5.02 Å². The third-order valence-electron chi connectivity index (χ3n) is 5.25. The molecular weight excluding hydrogens is 402 g/mol. The van der Waals surface area contributed by atoms with Crippen molar-refractivity contribution in [3.8, 4) is 5.75 Å². The molecule has 1 atom stereocenters. The van der Waals surface area contributed by atoms with E-state index in [1.54, 1.807) is 23.1 Å². The van der Waals surface area contributed by atoms with Gasteiger partial charge in [-0.15, -0.1) is 0 Å². The van der Waals surface area contributed by atoms with Crippen molar-refractivity contribution in [2.75, 3.05) is 13.2 Å². The van der Waals surface area contributed by atoms with Gasteiger partial charge in [0.25, 0.3) is 5.91 Å². The van der Waals surface area contributed by atoms with Gasteiger partial charge in [-0.25, -0.2) is 0 Å². The fourth-order valence-electron chi connectivity index (χ4n) is 3.89. The highest BCUT2D eigenvalue weighted by atomic mass is 35.5. The SMILES string of the molecule is C=CCOc1cccc(C2c3c(oc4cc(C)c(Cl)cc4c3=O)C(=O)N2CCC)c1. The van der Waals surface area contributed by atoms with Crippen molar-refractivity contribution in [3.05, 3.63) is 86.7 Å². The number of rotatable bonds is 6. The van der Waals surface area contributed by atoms with E-state index in [0.717, 1.165) is 17.5 Å². The second-order valence-electron chi connectivity index (χ2n) is 7.34. The first-order valence-electron chi connectivity index (χ1n) is 9.87. The topological polar surface area (TPSA) is 59.8 Å². The van der Waals surface area contributed by atoms with Crippen molar-refractivity contribution in [1.29, 1.82) is 0 Å². The molecule has 0 spiro atoms. The van der Waals surface area contributed by atoms with Gasteiger partial charge in [0.2, 0.25) is 5.76 Å². The van der Waals surface area contributed by atoms with Crippen LogP contribution in [0.25, 0.3) is 11.0 Å². The van der Waals surface area contributed by atoms with E-state index in [0.29, 0.717) is 40.5 Å². The Morgan fingerprint density at radius 2 is 2.07 bits per heavy atom. The summed E-state index contributed by atoms with van der Waals surface area (Å²) in [7, 11) is 0. The molecule has 0 bridgehead atoms. The molecule has 0 aliphatic carbocycles. The Balaban J connectivity index is 1.94. The van der Waals surface area contributed by atoms with E-state index in [2.05, 4.69) is 6.58 Å². The zero-order valence-corrected chi connectivity index (χ0v) is 17.7. The number of aryl methyl sites for hydroxylation is 1. The highest BCUT2D eigenvalue weighted by Gasteiger charge is 2.42. The second kappa shape index (κ2) is 8.00. The van der Waals surface area contributed by atoms with Crippen LogP contribution in [0.5, 0.6) is 5.75 Å². The van der Waals surface area contributed by atoms with Gasteiger partial charge < -0.3 is 14.1 Å². The second-order valence-corrected chi connectivity index (χ2v) is 7.75. The van der Waals surface area contributed by atoms with Crippen molar-refractivity contribution in [1.82, 2.24) is 4.90 Å². The van der Waals surface area contributed by atoms with E-state index in [1.165, 1.54) is 0 Å². The van der Waals surface area contributed by atoms with Gasteiger partial charge in [-0.1, -0.05) is 43.3 Å². The monoisotopic (exact) mass is 423 g/mol. The summed E-state index contributed by atoms with van der Waals surface area (Å²) in [5.41, 5.74) is 2.06. The van der Waals surface area contributed by atoms with Crippen LogP contribution >= 0.6 is 11.6 Å². The number of hydrogen-bond acceptors (Lipinski definition) is 4. The summed E-state index contributed by atoms with van der Waals surface area (Å²) in [4.78, 5) is 28.4. The molecule has 30 heavy (non-hydrogen) atoms. The molecule has 5 nitrogen and oxygen atoms in total. The highest BCUT2D eigenvalue weighted by Crippen LogP contribution is 2.39. The lowest BCUT2D eigenvalue weighted by Gasteiger charge is -2.25. The molecule has 0 radical (unpaired) electrons. The maximum atomic E-state index is 13.5. The van der Waals surface area contributed by atoms with Gasteiger partial charge in [-0.2, -0.15) is 0 Å². The number of carbonyl (C=O) groups is 1. The Hall–Kier alpha value is -3.05. The van der Waals surface area contributed by atoms with Gasteiger partial charge in [0.15, 0.2) is 5.43 Å². The smallest absolute Gasteiger partial charge is 0.290 e. The molecule has 0 saturated carbocycles. The van der Waals surface area contributed by atoms with Crippen LogP contribution in [0.4, 0.5) is 0 Å². The zero-order valence-electron chi connectivity index (χ0n) is 16.9. The largest absolute Gasteiger partial charge is 0.490 e. The number of halogens is 1. The Kier molecular flexibility index (Phi) is 5.39. The van der Waals surface area contributed by atoms with Crippen LogP contribution in [0.1, 0.15) is 46.6 Å². The summed E-state index contributed by atoms with van der Waals surface area (Å²) >= 11 is 6.26. The van der Waals surface area contributed by atoms with Gasteiger partial charge in [-0.05, 0) is 48.7 Å². The highest BCUT2D eigenvalue weighted by molar-refractivity contribution is 6.32. The fourth-order valence-corrected chi connectivity index (χ4v) is 4.05. The van der Waals surface area contributed by atoms with Gasteiger partial charge in [0.1, 0.15) is 17.9 Å². The van der Waals surface area contributed by atoms with Crippen molar-refractivity contribution in [2.45, 2.75) is 26.3 Å².